The van der Waals surface area contributed by atoms with Gasteiger partial charge in [-0.05, 0) is 67.7 Å². The molecule has 0 aliphatic carbocycles. The maximum Gasteiger partial charge on any atom is 0.124 e. The van der Waals surface area contributed by atoms with Crippen LogP contribution in [0.5, 0.6) is 5.75 Å². The Morgan fingerprint density at radius 2 is 2.08 bits per heavy atom. The van der Waals surface area contributed by atoms with Crippen molar-refractivity contribution in [2.24, 2.45) is 4.99 Å². The maximum atomic E-state index is 5.47. The summed E-state index contributed by atoms with van der Waals surface area (Å²) in [7, 11) is 1.70. The molecule has 0 fully saturated rings. The minimum atomic E-state index is 0.795. The topological polar surface area (TPSA) is 46.5 Å². The number of methoxy groups -OCH3 is 1. The molecule has 0 aliphatic rings. The molecule has 0 amide bonds. The first-order valence-corrected chi connectivity index (χ1v) is 8.72. The van der Waals surface area contributed by atoms with E-state index in [-0.39, 0.29) is 0 Å². The van der Waals surface area contributed by atoms with Gasteiger partial charge in [0, 0.05) is 29.8 Å². The molecule has 4 heteroatoms. The number of anilines is 1. The van der Waals surface area contributed by atoms with Crippen LogP contribution in [-0.2, 0) is 6.42 Å². The minimum absolute atomic E-state index is 0.795. The third-order valence-electron chi connectivity index (χ3n) is 4.22. The summed E-state index contributed by atoms with van der Waals surface area (Å²) in [5, 5.41) is 3.32. The number of nitrogens with zero attached hydrogens (tertiary/aromatic N) is 2. The molecule has 2 rings (SSSR count). The summed E-state index contributed by atoms with van der Waals surface area (Å²) < 4.78 is 5.47. The van der Waals surface area contributed by atoms with E-state index in [4.69, 9.17) is 4.74 Å². The quantitative estimate of drug-likeness (QED) is 0.436. The maximum absolute atomic E-state index is 5.47. The van der Waals surface area contributed by atoms with Crippen LogP contribution in [0.3, 0.4) is 0 Å². The Morgan fingerprint density at radius 1 is 1.31 bits per heavy atom. The molecule has 1 aromatic carbocycles. The van der Waals surface area contributed by atoms with Crippen molar-refractivity contribution in [2.45, 2.75) is 34.1 Å². The number of nitrogens with one attached hydrogen (secondary N) is 1. The predicted molar refractivity (Wildman–Crippen MR) is 111 cm³/mol. The smallest absolute Gasteiger partial charge is 0.124 e. The number of hydrogen-bond acceptors (Lipinski definition) is 3. The van der Waals surface area contributed by atoms with Gasteiger partial charge in [-0.25, -0.2) is 4.99 Å². The van der Waals surface area contributed by atoms with Crippen molar-refractivity contribution in [1.29, 1.82) is 0 Å². The molecule has 136 valence electrons. The molecule has 0 unspecified atom stereocenters. The van der Waals surface area contributed by atoms with Crippen LogP contribution >= 0.6 is 0 Å². The summed E-state index contributed by atoms with van der Waals surface area (Å²) in [5.41, 5.74) is 6.26. The van der Waals surface area contributed by atoms with Crippen molar-refractivity contribution in [3.63, 3.8) is 0 Å². The third kappa shape index (κ3) is 5.06. The Kier molecular flexibility index (Phi) is 6.73. The predicted octanol–water partition coefficient (Wildman–Crippen LogP) is 5.33. The van der Waals surface area contributed by atoms with Crippen molar-refractivity contribution in [1.82, 2.24) is 4.98 Å². The van der Waals surface area contributed by atoms with Gasteiger partial charge in [0.25, 0.3) is 0 Å². The first-order valence-electron chi connectivity index (χ1n) is 8.72. The Balaban J connectivity index is 2.08. The van der Waals surface area contributed by atoms with E-state index in [2.05, 4.69) is 41.8 Å². The summed E-state index contributed by atoms with van der Waals surface area (Å²) in [6.45, 7) is 12.2. The summed E-state index contributed by atoms with van der Waals surface area (Å²) in [6, 6.07) is 8.11. The second-order valence-corrected chi connectivity index (χ2v) is 6.18. The zero-order chi connectivity index (χ0) is 19.1. The number of aliphatic imine (C=N–C) groups is 1. The van der Waals surface area contributed by atoms with Crippen LogP contribution in [0, 0.1) is 13.8 Å². The zero-order valence-electron chi connectivity index (χ0n) is 16.3. The first kappa shape index (κ1) is 19.4. The highest BCUT2D eigenvalue weighted by Crippen LogP contribution is 2.27. The number of pyridine rings is 1. The van der Waals surface area contributed by atoms with Crippen molar-refractivity contribution in [2.75, 3.05) is 12.4 Å². The monoisotopic (exact) mass is 349 g/mol. The second-order valence-electron chi connectivity index (χ2n) is 6.18. The number of aromatic nitrogens is 1. The van der Waals surface area contributed by atoms with Crippen LogP contribution in [-0.4, -0.2) is 17.9 Å². The fourth-order valence-electron chi connectivity index (χ4n) is 2.63. The van der Waals surface area contributed by atoms with E-state index in [1.165, 1.54) is 11.1 Å². The number of aryl methyl sites for hydroxylation is 2. The molecule has 26 heavy (non-hydrogen) atoms. The number of benzene rings is 1. The molecular weight excluding hydrogens is 322 g/mol. The SMILES string of the molecule is C=C(/C=C\N=C(C)Nc1cc(CC)c(C)c(OC)c1)c1ccc(C)nc1. The van der Waals surface area contributed by atoms with Gasteiger partial charge < -0.3 is 10.1 Å². The molecule has 0 atom stereocenters. The van der Waals surface area contributed by atoms with Crippen LogP contribution in [0.1, 0.15) is 36.2 Å². The highest BCUT2D eigenvalue weighted by Gasteiger charge is 2.07. The minimum Gasteiger partial charge on any atom is -0.496 e. The van der Waals surface area contributed by atoms with Crippen LogP contribution in [0.4, 0.5) is 5.69 Å². The second kappa shape index (κ2) is 8.99. The van der Waals surface area contributed by atoms with Gasteiger partial charge in [-0.15, -0.1) is 0 Å². The molecule has 1 aromatic heterocycles. The van der Waals surface area contributed by atoms with Crippen molar-refractivity contribution in [3.8, 4) is 5.75 Å². The van der Waals surface area contributed by atoms with Crippen molar-refractivity contribution >= 4 is 17.1 Å². The molecule has 0 bridgehead atoms. The molecular formula is C22H27N3O. The standard InChI is InChI=1S/C22H27N3O/c1-7-19-12-21(13-22(26-6)17(19)4)25-18(5)23-11-10-15(2)20-9-8-16(3)24-14-20/h8-14H,2,7H2,1,3-6H3,(H,23,25)/b11-10-. The number of allylic oxidation sites excluding steroid dienone is 2. The Labute approximate surface area is 156 Å². The Morgan fingerprint density at radius 3 is 2.69 bits per heavy atom. The lowest BCUT2D eigenvalue weighted by atomic mass is 10.0. The summed E-state index contributed by atoms with van der Waals surface area (Å²) in [4.78, 5) is 8.72. The highest BCUT2D eigenvalue weighted by atomic mass is 16.5. The van der Waals surface area contributed by atoms with Crippen LogP contribution in [0.25, 0.3) is 5.57 Å². The van der Waals surface area contributed by atoms with E-state index in [0.29, 0.717) is 0 Å². The van der Waals surface area contributed by atoms with E-state index in [0.717, 1.165) is 40.5 Å². The normalized spacial score (nSPS) is 11.7. The molecule has 0 aliphatic heterocycles. The Bertz CT molecular complexity index is 808. The number of rotatable bonds is 6. The van der Waals surface area contributed by atoms with Crippen LogP contribution in [0.15, 0.2) is 54.3 Å². The lowest BCUT2D eigenvalue weighted by Crippen LogP contribution is -2.07. The molecule has 0 spiro atoms. The summed E-state index contributed by atoms with van der Waals surface area (Å²) >= 11 is 0. The summed E-state index contributed by atoms with van der Waals surface area (Å²) in [6.07, 6.45) is 6.40. The van der Waals surface area contributed by atoms with E-state index in [1.54, 1.807) is 13.3 Å². The first-order chi connectivity index (χ1) is 12.4. The summed E-state index contributed by atoms with van der Waals surface area (Å²) in [5.74, 6) is 1.68. The fraction of sp³-hybridized carbons (Fsp3) is 0.273. The molecule has 0 saturated heterocycles. The van der Waals surface area contributed by atoms with Gasteiger partial charge in [-0.2, -0.15) is 0 Å². The van der Waals surface area contributed by atoms with Crippen LogP contribution in [0.2, 0.25) is 0 Å². The van der Waals surface area contributed by atoms with Crippen LogP contribution < -0.4 is 10.1 Å². The largest absolute Gasteiger partial charge is 0.496 e. The lowest BCUT2D eigenvalue weighted by molar-refractivity contribution is 0.411. The average Bonchev–Trinajstić information content (AvgIpc) is 2.63. The molecule has 0 saturated carbocycles. The van der Waals surface area contributed by atoms with Gasteiger partial charge in [0.1, 0.15) is 11.6 Å². The zero-order valence-corrected chi connectivity index (χ0v) is 16.3. The van der Waals surface area contributed by atoms with Gasteiger partial charge in [0.2, 0.25) is 0 Å². The van der Waals surface area contributed by atoms with Gasteiger partial charge in [-0.1, -0.05) is 19.6 Å². The van der Waals surface area contributed by atoms with Gasteiger partial charge >= 0.3 is 0 Å². The van der Waals surface area contributed by atoms with E-state index >= 15 is 0 Å². The molecule has 1 heterocycles. The number of amidine groups is 1. The van der Waals surface area contributed by atoms with Gasteiger partial charge in [-0.3, -0.25) is 4.98 Å². The van der Waals surface area contributed by atoms with E-state index in [9.17, 15) is 0 Å². The Hall–Kier alpha value is -2.88. The number of hydrogen-bond donors (Lipinski definition) is 1. The van der Waals surface area contributed by atoms with Gasteiger partial charge in [0.05, 0.1) is 7.11 Å². The molecule has 0 radical (unpaired) electrons. The van der Waals surface area contributed by atoms with Gasteiger partial charge in [0.15, 0.2) is 0 Å². The average molecular weight is 349 g/mol. The molecule has 4 nitrogen and oxygen atoms in total. The lowest BCUT2D eigenvalue weighted by Gasteiger charge is -2.13. The molecule has 2 aromatic rings. The van der Waals surface area contributed by atoms with Crippen molar-refractivity contribution in [3.05, 3.63) is 71.7 Å². The number of ether oxygens (including phenoxy) is 1. The van der Waals surface area contributed by atoms with Crippen molar-refractivity contribution < 1.29 is 4.74 Å². The molecule has 1 N–H and O–H groups in total. The highest BCUT2D eigenvalue weighted by molar-refractivity contribution is 5.94. The van der Waals surface area contributed by atoms with E-state index < -0.39 is 0 Å². The van der Waals surface area contributed by atoms with E-state index in [1.807, 2.05) is 44.3 Å². The third-order valence-corrected chi connectivity index (χ3v) is 4.22. The fourth-order valence-corrected chi connectivity index (χ4v) is 2.63.